The van der Waals surface area contributed by atoms with Gasteiger partial charge in [0.25, 0.3) is 5.91 Å². The molecule has 1 unspecified atom stereocenters. The van der Waals surface area contributed by atoms with Gasteiger partial charge in [0.2, 0.25) is 0 Å². The van der Waals surface area contributed by atoms with Crippen LogP contribution < -0.4 is 5.32 Å². The molecule has 29 heavy (non-hydrogen) atoms. The average molecular weight is 389 g/mol. The molecule has 3 aromatic rings. The molecule has 2 aliphatic rings. The van der Waals surface area contributed by atoms with Crippen molar-refractivity contribution in [3.63, 3.8) is 0 Å². The van der Waals surface area contributed by atoms with Crippen molar-refractivity contribution in [2.75, 3.05) is 6.61 Å². The number of amides is 1. The molecule has 5 rings (SSSR count). The highest BCUT2D eigenvalue weighted by Crippen LogP contribution is 2.32. The second-order valence-electron chi connectivity index (χ2n) is 6.99. The predicted molar refractivity (Wildman–Crippen MR) is 101 cm³/mol. The number of aromatic nitrogens is 3. The van der Waals surface area contributed by atoms with Crippen LogP contribution in [0.4, 0.5) is 4.39 Å². The van der Waals surface area contributed by atoms with E-state index in [-0.39, 0.29) is 29.7 Å². The third-order valence-electron chi connectivity index (χ3n) is 5.22. The zero-order chi connectivity index (χ0) is 20.0. The topological polar surface area (TPSA) is 92.8 Å². The summed E-state index contributed by atoms with van der Waals surface area (Å²) in [7, 11) is 0. The minimum Gasteiger partial charge on any atom is -0.372 e. The van der Waals surface area contributed by atoms with Gasteiger partial charge in [0, 0.05) is 12.8 Å². The summed E-state index contributed by atoms with van der Waals surface area (Å²) in [4.78, 5) is 16.9. The van der Waals surface area contributed by atoms with Crippen LogP contribution in [0.15, 0.2) is 36.5 Å². The van der Waals surface area contributed by atoms with E-state index in [1.807, 2.05) is 12.1 Å². The van der Waals surface area contributed by atoms with Gasteiger partial charge in [-0.05, 0) is 37.1 Å². The summed E-state index contributed by atoms with van der Waals surface area (Å²) < 4.78 is 21.9. The fourth-order valence-corrected chi connectivity index (χ4v) is 3.85. The lowest BCUT2D eigenvalue weighted by Crippen LogP contribution is -2.14. The number of benzene rings is 1. The van der Waals surface area contributed by atoms with E-state index in [9.17, 15) is 14.4 Å². The largest absolute Gasteiger partial charge is 0.372 e. The van der Waals surface area contributed by atoms with Gasteiger partial charge in [-0.2, -0.15) is 10.4 Å². The van der Waals surface area contributed by atoms with Crippen LogP contribution in [0, 0.1) is 17.1 Å². The van der Waals surface area contributed by atoms with Crippen molar-refractivity contribution in [2.24, 2.45) is 0 Å². The van der Waals surface area contributed by atoms with Gasteiger partial charge in [0.15, 0.2) is 0 Å². The summed E-state index contributed by atoms with van der Waals surface area (Å²) in [5.74, 6) is -0.794. The molecule has 0 aliphatic carbocycles. The first kappa shape index (κ1) is 17.5. The number of pyridine rings is 1. The Morgan fingerprint density at radius 1 is 1.31 bits per heavy atom. The molecule has 2 aliphatic heterocycles. The van der Waals surface area contributed by atoms with Crippen LogP contribution in [0.2, 0.25) is 0 Å². The molecule has 7 nitrogen and oxygen atoms in total. The normalized spacial score (nSPS) is 17.8. The lowest BCUT2D eigenvalue weighted by Gasteiger charge is -2.12. The van der Waals surface area contributed by atoms with E-state index in [2.05, 4.69) is 15.4 Å². The number of fused-ring (bicyclic) bond motifs is 1. The van der Waals surface area contributed by atoms with Gasteiger partial charge in [-0.1, -0.05) is 6.07 Å². The van der Waals surface area contributed by atoms with Crippen LogP contribution in [0.5, 0.6) is 0 Å². The van der Waals surface area contributed by atoms with Crippen LogP contribution in [-0.2, 0) is 11.3 Å². The van der Waals surface area contributed by atoms with Crippen LogP contribution in [0.3, 0.4) is 0 Å². The fraction of sp³-hybridized carbons (Fsp3) is 0.238. The van der Waals surface area contributed by atoms with Gasteiger partial charge in [0.05, 0.1) is 52.1 Å². The predicted octanol–water partition coefficient (Wildman–Crippen LogP) is 3.04. The molecule has 144 valence electrons. The van der Waals surface area contributed by atoms with Crippen LogP contribution in [-0.4, -0.2) is 27.3 Å². The second kappa shape index (κ2) is 6.79. The Hall–Kier alpha value is -3.57. The van der Waals surface area contributed by atoms with Crippen molar-refractivity contribution in [3.8, 4) is 23.0 Å². The van der Waals surface area contributed by atoms with Crippen LogP contribution in [0.1, 0.15) is 46.3 Å². The molecule has 0 radical (unpaired) electrons. The molecule has 1 fully saturated rings. The first-order chi connectivity index (χ1) is 14.2. The Bertz CT molecular complexity index is 1170. The zero-order valence-electron chi connectivity index (χ0n) is 15.4. The molecule has 0 spiro atoms. The van der Waals surface area contributed by atoms with E-state index in [4.69, 9.17) is 4.74 Å². The van der Waals surface area contributed by atoms with Crippen molar-refractivity contribution in [3.05, 3.63) is 64.9 Å². The fourth-order valence-electron chi connectivity index (χ4n) is 3.85. The molecule has 1 N–H and O–H groups in total. The van der Waals surface area contributed by atoms with Crippen LogP contribution >= 0.6 is 0 Å². The van der Waals surface area contributed by atoms with Crippen molar-refractivity contribution in [1.29, 1.82) is 5.26 Å². The Morgan fingerprint density at radius 2 is 2.21 bits per heavy atom. The van der Waals surface area contributed by atoms with Gasteiger partial charge >= 0.3 is 0 Å². The van der Waals surface area contributed by atoms with Crippen molar-refractivity contribution in [2.45, 2.75) is 25.5 Å². The number of carbonyl (C=O) groups is 1. The van der Waals surface area contributed by atoms with E-state index in [1.165, 1.54) is 12.1 Å². The maximum absolute atomic E-state index is 14.6. The Labute approximate surface area is 165 Å². The number of carbonyl (C=O) groups excluding carboxylic acids is 1. The standard InChI is InChI=1S/C21H16FN5O2/c22-13-4-1-3-12(10-23)19(13)15-9-17(20-16(25-15)11-24-21(20)28)27-7-6-14(26-27)18-5-2-8-29-18/h1,3-4,6-7,9,18H,2,5,8,11H2,(H,24,28). The maximum Gasteiger partial charge on any atom is 0.255 e. The third kappa shape index (κ3) is 2.87. The smallest absolute Gasteiger partial charge is 0.255 e. The van der Waals surface area contributed by atoms with Gasteiger partial charge in [0.1, 0.15) is 11.9 Å². The number of nitriles is 1. The van der Waals surface area contributed by atoms with Gasteiger partial charge in [-0.25, -0.2) is 14.1 Å². The van der Waals surface area contributed by atoms with Crippen molar-refractivity contribution in [1.82, 2.24) is 20.1 Å². The summed E-state index contributed by atoms with van der Waals surface area (Å²) in [6, 6.07) is 9.79. The lowest BCUT2D eigenvalue weighted by atomic mass is 10.0. The van der Waals surface area contributed by atoms with Gasteiger partial charge < -0.3 is 10.1 Å². The van der Waals surface area contributed by atoms with E-state index >= 15 is 0 Å². The summed E-state index contributed by atoms with van der Waals surface area (Å²) >= 11 is 0. The summed E-state index contributed by atoms with van der Waals surface area (Å²) in [6.45, 7) is 0.949. The Balaban J connectivity index is 1.68. The van der Waals surface area contributed by atoms with E-state index < -0.39 is 5.82 Å². The lowest BCUT2D eigenvalue weighted by molar-refractivity contribution is 0.0965. The van der Waals surface area contributed by atoms with Crippen LogP contribution in [0.25, 0.3) is 16.9 Å². The van der Waals surface area contributed by atoms with E-state index in [1.54, 1.807) is 23.0 Å². The molecule has 4 heterocycles. The molecular formula is C21H16FN5O2. The number of ether oxygens (including phenoxy) is 1. The number of hydrogen-bond acceptors (Lipinski definition) is 5. The average Bonchev–Trinajstić information content (AvgIpc) is 3.48. The minimum absolute atomic E-state index is 0.0591. The number of halogens is 1. The molecule has 1 saturated heterocycles. The summed E-state index contributed by atoms with van der Waals surface area (Å²) in [6.07, 6.45) is 3.59. The molecule has 8 heteroatoms. The molecule has 0 saturated carbocycles. The summed E-state index contributed by atoms with van der Waals surface area (Å²) in [5.41, 5.74) is 2.78. The molecule has 1 amide bonds. The monoisotopic (exact) mass is 389 g/mol. The highest BCUT2D eigenvalue weighted by molar-refractivity contribution is 6.01. The zero-order valence-corrected chi connectivity index (χ0v) is 15.4. The third-order valence-corrected chi connectivity index (χ3v) is 5.22. The number of hydrogen-bond donors (Lipinski definition) is 1. The molecule has 0 bridgehead atoms. The van der Waals surface area contributed by atoms with E-state index in [0.717, 1.165) is 18.5 Å². The first-order valence-corrected chi connectivity index (χ1v) is 9.34. The van der Waals surface area contributed by atoms with E-state index in [0.29, 0.717) is 29.2 Å². The quantitative estimate of drug-likeness (QED) is 0.743. The minimum atomic E-state index is -0.541. The molecule has 1 aromatic carbocycles. The highest BCUT2D eigenvalue weighted by Gasteiger charge is 2.28. The molecular weight excluding hydrogens is 373 g/mol. The molecule has 2 aromatic heterocycles. The van der Waals surface area contributed by atoms with Crippen molar-refractivity contribution >= 4 is 5.91 Å². The first-order valence-electron chi connectivity index (χ1n) is 9.34. The van der Waals surface area contributed by atoms with Gasteiger partial charge in [-0.3, -0.25) is 4.79 Å². The summed E-state index contributed by atoms with van der Waals surface area (Å²) in [5, 5.41) is 16.8. The Kier molecular flexibility index (Phi) is 4.11. The molecule has 1 atom stereocenters. The number of rotatable bonds is 3. The van der Waals surface area contributed by atoms with Gasteiger partial charge in [-0.15, -0.1) is 0 Å². The highest BCUT2D eigenvalue weighted by atomic mass is 19.1. The Morgan fingerprint density at radius 3 is 3.00 bits per heavy atom. The van der Waals surface area contributed by atoms with Crippen molar-refractivity contribution < 1.29 is 13.9 Å². The second-order valence-corrected chi connectivity index (χ2v) is 6.99. The number of nitrogens with zero attached hydrogens (tertiary/aromatic N) is 4. The maximum atomic E-state index is 14.6. The number of nitrogens with one attached hydrogen (secondary N) is 1. The SMILES string of the molecule is N#Cc1cccc(F)c1-c1cc(-n2ccc(C3CCCO3)n2)c2c(n1)CNC2=O.